The summed E-state index contributed by atoms with van der Waals surface area (Å²) in [5, 5.41) is 2.10. The quantitative estimate of drug-likeness (QED) is 0.857. The molecule has 2 N–H and O–H groups in total. The van der Waals surface area contributed by atoms with Gasteiger partial charge in [-0.25, -0.2) is 4.79 Å². The van der Waals surface area contributed by atoms with Crippen LogP contribution in [0.1, 0.15) is 5.56 Å². The molecule has 6 nitrogen and oxygen atoms in total. The summed E-state index contributed by atoms with van der Waals surface area (Å²) in [5.74, 6) is 0. The Morgan fingerprint density at radius 1 is 1.15 bits per heavy atom. The molecule has 9 heteroatoms. The molecule has 0 bridgehead atoms. The first-order valence-electron chi connectivity index (χ1n) is 7.90. The van der Waals surface area contributed by atoms with Crippen molar-refractivity contribution < 1.29 is 22.7 Å². The van der Waals surface area contributed by atoms with Gasteiger partial charge in [0.2, 0.25) is 0 Å². The number of rotatable bonds is 2. The van der Waals surface area contributed by atoms with Crippen LogP contribution in [0.3, 0.4) is 0 Å². The van der Waals surface area contributed by atoms with E-state index in [0.717, 1.165) is 6.07 Å². The molecule has 3 rings (SSSR count). The molecule has 2 amide bonds. The summed E-state index contributed by atoms with van der Waals surface area (Å²) < 4.78 is 45.5. The molecule has 0 radical (unpaired) electrons. The number of H-pyrrole nitrogens is 1. The lowest BCUT2D eigenvalue weighted by molar-refractivity contribution is -0.137. The van der Waals surface area contributed by atoms with Crippen LogP contribution in [0.4, 0.5) is 23.7 Å². The Hall–Kier alpha value is -2.81. The highest BCUT2D eigenvalue weighted by Gasteiger charge is 2.36. The summed E-state index contributed by atoms with van der Waals surface area (Å²) in [6.45, 7) is 1.08. The van der Waals surface area contributed by atoms with Gasteiger partial charge in [-0.1, -0.05) is 30.3 Å². The first kappa shape index (κ1) is 18.0. The van der Waals surface area contributed by atoms with E-state index < -0.39 is 29.0 Å². The molecule has 0 atom stereocenters. The fourth-order valence-electron chi connectivity index (χ4n) is 2.63. The van der Waals surface area contributed by atoms with Crippen LogP contribution in [0.2, 0.25) is 0 Å². The minimum atomic E-state index is -4.80. The van der Waals surface area contributed by atoms with Gasteiger partial charge in [-0.05, 0) is 11.6 Å². The van der Waals surface area contributed by atoms with Gasteiger partial charge in [-0.15, -0.1) is 0 Å². The zero-order valence-electron chi connectivity index (χ0n) is 13.6. The Balaban J connectivity index is 1.99. The summed E-state index contributed by atoms with van der Waals surface area (Å²) in [6.07, 6.45) is -4.80. The SMILES string of the molecule is O=C(Nc1c(C(F)(F)F)cc(-c2ccccc2)[nH]c1=O)N1CCOCC1. The van der Waals surface area contributed by atoms with Crippen LogP contribution in [0, 0.1) is 0 Å². The number of hydrogen-bond donors (Lipinski definition) is 2. The third-order valence-corrected chi connectivity index (χ3v) is 3.95. The molecule has 1 aliphatic rings. The van der Waals surface area contributed by atoms with Gasteiger partial charge in [0.25, 0.3) is 5.56 Å². The van der Waals surface area contributed by atoms with Crippen molar-refractivity contribution in [3.8, 4) is 11.3 Å². The molecule has 0 aliphatic carbocycles. The summed E-state index contributed by atoms with van der Waals surface area (Å²) >= 11 is 0. The lowest BCUT2D eigenvalue weighted by Crippen LogP contribution is -2.44. The highest BCUT2D eigenvalue weighted by molar-refractivity contribution is 5.90. The number of aromatic nitrogens is 1. The highest BCUT2D eigenvalue weighted by atomic mass is 19.4. The van der Waals surface area contributed by atoms with Gasteiger partial charge in [0.15, 0.2) is 0 Å². The highest BCUT2D eigenvalue weighted by Crippen LogP contribution is 2.35. The van der Waals surface area contributed by atoms with Gasteiger partial charge in [0.05, 0.1) is 18.8 Å². The number of nitrogens with zero attached hydrogens (tertiary/aromatic N) is 1. The van der Waals surface area contributed by atoms with Gasteiger partial charge >= 0.3 is 12.2 Å². The molecule has 2 aromatic rings. The molecular formula is C17H16F3N3O3. The maximum absolute atomic E-state index is 13.5. The number of morpholine rings is 1. The van der Waals surface area contributed by atoms with Crippen LogP contribution < -0.4 is 10.9 Å². The van der Waals surface area contributed by atoms with E-state index in [1.165, 1.54) is 4.90 Å². The van der Waals surface area contributed by atoms with Gasteiger partial charge in [0, 0.05) is 18.8 Å². The number of aromatic amines is 1. The summed E-state index contributed by atoms with van der Waals surface area (Å²) in [7, 11) is 0. The predicted octanol–water partition coefficient (Wildman–Crippen LogP) is 2.92. The van der Waals surface area contributed by atoms with Gasteiger partial charge in [-0.3, -0.25) is 4.79 Å². The largest absolute Gasteiger partial charge is 0.418 e. The van der Waals surface area contributed by atoms with Gasteiger partial charge in [-0.2, -0.15) is 13.2 Å². The minimum Gasteiger partial charge on any atom is -0.378 e. The van der Waals surface area contributed by atoms with Crippen LogP contribution in [-0.4, -0.2) is 42.2 Å². The Labute approximate surface area is 146 Å². The maximum Gasteiger partial charge on any atom is 0.418 e. The number of nitrogens with one attached hydrogen (secondary N) is 2. The van der Waals surface area contributed by atoms with Crippen molar-refractivity contribution in [3.63, 3.8) is 0 Å². The number of ether oxygens (including phenoxy) is 1. The molecule has 26 heavy (non-hydrogen) atoms. The molecule has 1 fully saturated rings. The second kappa shape index (κ2) is 7.20. The monoisotopic (exact) mass is 367 g/mol. The predicted molar refractivity (Wildman–Crippen MR) is 88.9 cm³/mol. The first-order valence-corrected chi connectivity index (χ1v) is 7.90. The number of anilines is 1. The lowest BCUT2D eigenvalue weighted by atomic mass is 10.1. The number of hydrogen-bond acceptors (Lipinski definition) is 3. The normalized spacial score (nSPS) is 15.0. The fourth-order valence-corrected chi connectivity index (χ4v) is 2.63. The van der Waals surface area contributed by atoms with E-state index in [2.05, 4.69) is 10.3 Å². The third kappa shape index (κ3) is 3.88. The molecular weight excluding hydrogens is 351 g/mol. The number of urea groups is 1. The molecule has 1 aliphatic heterocycles. The van der Waals surface area contributed by atoms with Crippen molar-refractivity contribution in [2.45, 2.75) is 6.18 Å². The zero-order valence-corrected chi connectivity index (χ0v) is 13.6. The molecule has 1 aromatic carbocycles. The van der Waals surface area contributed by atoms with Crippen LogP contribution in [0.5, 0.6) is 0 Å². The first-order chi connectivity index (χ1) is 12.4. The van der Waals surface area contributed by atoms with Gasteiger partial charge < -0.3 is 19.9 Å². The Kier molecular flexibility index (Phi) is 4.99. The minimum absolute atomic E-state index is 0.0206. The van der Waals surface area contributed by atoms with E-state index in [0.29, 0.717) is 18.8 Å². The number of alkyl halides is 3. The molecule has 2 heterocycles. The van der Waals surface area contributed by atoms with Crippen LogP contribution in [0.15, 0.2) is 41.2 Å². The summed E-state index contributed by atoms with van der Waals surface area (Å²) in [4.78, 5) is 28.2. The number of carbonyl (C=O) groups is 1. The van der Waals surface area contributed by atoms with Crippen molar-refractivity contribution in [1.82, 2.24) is 9.88 Å². The van der Waals surface area contributed by atoms with E-state index in [9.17, 15) is 22.8 Å². The number of halogens is 3. The van der Waals surface area contributed by atoms with Crippen molar-refractivity contribution in [3.05, 3.63) is 52.3 Å². The molecule has 0 saturated carbocycles. The molecule has 1 aromatic heterocycles. The van der Waals surface area contributed by atoms with E-state index in [4.69, 9.17) is 4.74 Å². The topological polar surface area (TPSA) is 74.4 Å². The molecule has 138 valence electrons. The second-order valence-corrected chi connectivity index (χ2v) is 5.69. The molecule has 0 spiro atoms. The zero-order chi connectivity index (χ0) is 18.7. The van der Waals surface area contributed by atoms with Crippen LogP contribution >= 0.6 is 0 Å². The number of benzene rings is 1. The summed E-state index contributed by atoms with van der Waals surface area (Å²) in [5.41, 5.74) is -2.57. The fraction of sp³-hybridized carbons (Fsp3) is 0.294. The smallest absolute Gasteiger partial charge is 0.378 e. The Bertz CT molecular complexity index is 844. The summed E-state index contributed by atoms with van der Waals surface area (Å²) in [6, 6.07) is 8.23. The molecule has 1 saturated heterocycles. The Morgan fingerprint density at radius 3 is 2.42 bits per heavy atom. The van der Waals surface area contributed by atoms with E-state index >= 15 is 0 Å². The second-order valence-electron chi connectivity index (χ2n) is 5.69. The van der Waals surface area contributed by atoms with E-state index in [1.54, 1.807) is 30.3 Å². The van der Waals surface area contributed by atoms with Crippen molar-refractivity contribution in [2.75, 3.05) is 31.6 Å². The van der Waals surface area contributed by atoms with Crippen LogP contribution in [0.25, 0.3) is 11.3 Å². The van der Waals surface area contributed by atoms with Crippen LogP contribution in [-0.2, 0) is 10.9 Å². The van der Waals surface area contributed by atoms with Crippen molar-refractivity contribution >= 4 is 11.7 Å². The standard InChI is InChI=1S/C17H16F3N3O3/c18-17(19,20)12-10-13(11-4-2-1-3-5-11)21-15(24)14(12)22-16(25)23-6-8-26-9-7-23/h1-5,10H,6-9H2,(H,21,24)(H,22,25). The Morgan fingerprint density at radius 2 is 1.81 bits per heavy atom. The number of amides is 2. The van der Waals surface area contributed by atoms with E-state index in [1.807, 2.05) is 0 Å². The maximum atomic E-state index is 13.5. The van der Waals surface area contributed by atoms with Crippen molar-refractivity contribution in [1.29, 1.82) is 0 Å². The third-order valence-electron chi connectivity index (χ3n) is 3.95. The average molecular weight is 367 g/mol. The molecule has 0 unspecified atom stereocenters. The average Bonchev–Trinajstić information content (AvgIpc) is 2.63. The number of carbonyl (C=O) groups excluding carboxylic acids is 1. The number of pyridine rings is 1. The van der Waals surface area contributed by atoms with Gasteiger partial charge in [0.1, 0.15) is 5.69 Å². The lowest BCUT2D eigenvalue weighted by Gasteiger charge is -2.27. The van der Waals surface area contributed by atoms with Crippen molar-refractivity contribution in [2.24, 2.45) is 0 Å². The van der Waals surface area contributed by atoms with E-state index in [-0.39, 0.29) is 18.8 Å².